The molecule has 2 aliphatic heterocycles. The molecule has 1 unspecified atom stereocenters. The number of hydrogen-bond donors (Lipinski definition) is 1. The van der Waals surface area contributed by atoms with Gasteiger partial charge >= 0.3 is 0 Å². The number of amidine groups is 1. The Morgan fingerprint density at radius 2 is 1.93 bits per heavy atom. The molecule has 0 spiro atoms. The standard InChI is InChI=1S/C22H20N4O3S/c27-22(24-19-10-3-9-18-16(19)8-4-12-23-18)15-6-5-13-26(14-15)21-17-7-1-2-11-20(17)30(28,29)25-21/h1-4,7-12,15H,5-6,13-14H2,(H,24,27). The molecule has 0 aliphatic carbocycles. The van der Waals surface area contributed by atoms with E-state index in [1.165, 1.54) is 0 Å². The van der Waals surface area contributed by atoms with E-state index in [2.05, 4.69) is 14.7 Å². The summed E-state index contributed by atoms with van der Waals surface area (Å²) in [5.74, 6) is 0.104. The second kappa shape index (κ2) is 7.21. The van der Waals surface area contributed by atoms with Crippen LogP contribution in [0.4, 0.5) is 5.69 Å². The molecule has 1 aromatic heterocycles. The zero-order chi connectivity index (χ0) is 20.7. The number of pyridine rings is 1. The predicted octanol–water partition coefficient (Wildman–Crippen LogP) is 3.03. The average Bonchev–Trinajstić information content (AvgIpc) is 3.05. The van der Waals surface area contributed by atoms with Crippen molar-refractivity contribution in [3.8, 4) is 0 Å². The van der Waals surface area contributed by atoms with Gasteiger partial charge in [0.15, 0.2) is 5.84 Å². The second-order valence-electron chi connectivity index (χ2n) is 7.54. The van der Waals surface area contributed by atoms with Crippen LogP contribution in [0.1, 0.15) is 18.4 Å². The number of fused-ring (bicyclic) bond motifs is 2. The van der Waals surface area contributed by atoms with Gasteiger partial charge in [0.05, 0.1) is 17.1 Å². The van der Waals surface area contributed by atoms with Crippen LogP contribution in [0.5, 0.6) is 0 Å². The van der Waals surface area contributed by atoms with Crippen LogP contribution in [-0.2, 0) is 14.8 Å². The van der Waals surface area contributed by atoms with Gasteiger partial charge in [0, 0.05) is 30.2 Å². The summed E-state index contributed by atoms with van der Waals surface area (Å²) in [7, 11) is -3.68. The summed E-state index contributed by atoms with van der Waals surface area (Å²) in [4.78, 5) is 19.5. The topological polar surface area (TPSA) is 91.7 Å². The Morgan fingerprint density at radius 1 is 1.07 bits per heavy atom. The average molecular weight is 420 g/mol. The van der Waals surface area contributed by atoms with Gasteiger partial charge in [-0.15, -0.1) is 4.40 Å². The molecule has 1 saturated heterocycles. The highest BCUT2D eigenvalue weighted by molar-refractivity contribution is 7.90. The fourth-order valence-electron chi connectivity index (χ4n) is 4.15. The third-order valence-electron chi connectivity index (χ3n) is 5.61. The minimum Gasteiger partial charge on any atom is -0.355 e. The quantitative estimate of drug-likeness (QED) is 0.688. The number of hydrogen-bond acceptors (Lipinski definition) is 5. The number of sulfonamides is 1. The molecule has 3 aromatic rings. The van der Waals surface area contributed by atoms with E-state index in [0.29, 0.717) is 24.5 Å². The fourth-order valence-corrected chi connectivity index (χ4v) is 5.37. The number of aromatic nitrogens is 1. The summed E-state index contributed by atoms with van der Waals surface area (Å²) in [6.45, 7) is 1.10. The van der Waals surface area contributed by atoms with Crippen LogP contribution < -0.4 is 5.32 Å². The molecular weight excluding hydrogens is 400 g/mol. The molecule has 30 heavy (non-hydrogen) atoms. The minimum absolute atomic E-state index is 0.0780. The Labute approximate surface area is 174 Å². The summed E-state index contributed by atoms with van der Waals surface area (Å²) in [6, 6.07) is 16.3. The van der Waals surface area contributed by atoms with Crippen LogP contribution in [-0.4, -0.2) is 43.1 Å². The lowest BCUT2D eigenvalue weighted by Crippen LogP contribution is -2.43. The van der Waals surface area contributed by atoms with E-state index < -0.39 is 10.0 Å². The van der Waals surface area contributed by atoms with Crippen molar-refractivity contribution in [1.82, 2.24) is 9.88 Å². The first-order chi connectivity index (χ1) is 14.5. The van der Waals surface area contributed by atoms with Crippen molar-refractivity contribution in [3.05, 3.63) is 66.4 Å². The number of piperidine rings is 1. The zero-order valence-electron chi connectivity index (χ0n) is 16.2. The van der Waals surface area contributed by atoms with Crippen LogP contribution in [0, 0.1) is 5.92 Å². The van der Waals surface area contributed by atoms with Gasteiger partial charge in [0.25, 0.3) is 10.0 Å². The van der Waals surface area contributed by atoms with Gasteiger partial charge < -0.3 is 10.2 Å². The Bertz CT molecular complexity index is 1280. The molecule has 8 heteroatoms. The minimum atomic E-state index is -3.68. The molecular formula is C22H20N4O3S. The lowest BCUT2D eigenvalue weighted by atomic mass is 9.96. The number of carbonyl (C=O) groups is 1. The molecule has 0 bridgehead atoms. The number of carbonyl (C=O) groups excluding carboxylic acids is 1. The van der Waals surface area contributed by atoms with Crippen molar-refractivity contribution in [1.29, 1.82) is 0 Å². The zero-order valence-corrected chi connectivity index (χ0v) is 17.0. The molecule has 1 fully saturated rings. The first-order valence-corrected chi connectivity index (χ1v) is 11.3. The summed E-state index contributed by atoms with van der Waals surface area (Å²) >= 11 is 0. The van der Waals surface area contributed by atoms with E-state index in [1.807, 2.05) is 35.2 Å². The van der Waals surface area contributed by atoms with E-state index in [9.17, 15) is 13.2 Å². The van der Waals surface area contributed by atoms with Crippen molar-refractivity contribution in [2.75, 3.05) is 18.4 Å². The van der Waals surface area contributed by atoms with E-state index in [1.54, 1.807) is 30.5 Å². The van der Waals surface area contributed by atoms with Gasteiger partial charge in [0.2, 0.25) is 5.91 Å². The number of benzene rings is 2. The van der Waals surface area contributed by atoms with Gasteiger partial charge in [-0.2, -0.15) is 8.42 Å². The highest BCUT2D eigenvalue weighted by atomic mass is 32.2. The molecule has 5 rings (SSSR count). The lowest BCUT2D eigenvalue weighted by molar-refractivity contribution is -0.121. The predicted molar refractivity (Wildman–Crippen MR) is 115 cm³/mol. The molecule has 0 radical (unpaired) electrons. The van der Waals surface area contributed by atoms with Gasteiger partial charge in [-0.1, -0.05) is 18.2 Å². The van der Waals surface area contributed by atoms with Crippen LogP contribution in [0.25, 0.3) is 10.9 Å². The molecule has 2 aromatic carbocycles. The number of nitrogens with zero attached hydrogens (tertiary/aromatic N) is 3. The van der Waals surface area contributed by atoms with E-state index in [4.69, 9.17) is 0 Å². The van der Waals surface area contributed by atoms with Gasteiger partial charge in [-0.25, -0.2) is 0 Å². The van der Waals surface area contributed by atoms with Crippen LogP contribution in [0.15, 0.2) is 70.1 Å². The Kier molecular flexibility index (Phi) is 4.51. The number of nitrogens with one attached hydrogen (secondary N) is 1. The number of rotatable bonds is 2. The maximum Gasteiger partial charge on any atom is 0.285 e. The number of anilines is 1. The van der Waals surface area contributed by atoms with Crippen molar-refractivity contribution in [2.45, 2.75) is 17.7 Å². The van der Waals surface area contributed by atoms with Crippen molar-refractivity contribution in [3.63, 3.8) is 0 Å². The highest BCUT2D eigenvalue weighted by Gasteiger charge is 2.35. The Balaban J connectivity index is 1.38. The Hall–Kier alpha value is -3.26. The van der Waals surface area contributed by atoms with Gasteiger partial charge in [-0.3, -0.25) is 9.78 Å². The fraction of sp³-hybridized carbons (Fsp3) is 0.227. The lowest BCUT2D eigenvalue weighted by Gasteiger charge is -2.33. The van der Waals surface area contributed by atoms with E-state index >= 15 is 0 Å². The molecule has 3 heterocycles. The number of amides is 1. The largest absolute Gasteiger partial charge is 0.355 e. The second-order valence-corrected chi connectivity index (χ2v) is 9.11. The maximum absolute atomic E-state index is 13.0. The smallest absolute Gasteiger partial charge is 0.285 e. The third-order valence-corrected chi connectivity index (χ3v) is 6.93. The van der Waals surface area contributed by atoms with Crippen LogP contribution in [0.3, 0.4) is 0 Å². The monoisotopic (exact) mass is 420 g/mol. The van der Waals surface area contributed by atoms with E-state index in [0.717, 1.165) is 29.4 Å². The summed E-state index contributed by atoms with van der Waals surface area (Å²) in [6.07, 6.45) is 3.25. The summed E-state index contributed by atoms with van der Waals surface area (Å²) < 4.78 is 28.8. The van der Waals surface area contributed by atoms with Crippen LogP contribution >= 0.6 is 0 Å². The SMILES string of the molecule is O=C(Nc1cccc2ncccc12)C1CCCN(C2=NS(=O)(=O)c3ccccc32)C1. The molecule has 0 saturated carbocycles. The Morgan fingerprint density at radius 3 is 2.83 bits per heavy atom. The van der Waals surface area contributed by atoms with Crippen molar-refractivity contribution in [2.24, 2.45) is 10.3 Å². The van der Waals surface area contributed by atoms with Crippen LogP contribution in [0.2, 0.25) is 0 Å². The molecule has 7 nitrogen and oxygen atoms in total. The van der Waals surface area contributed by atoms with Gasteiger partial charge in [-0.05, 0) is 49.2 Å². The van der Waals surface area contributed by atoms with Gasteiger partial charge in [0.1, 0.15) is 4.90 Å². The summed E-state index contributed by atoms with van der Waals surface area (Å²) in [5, 5.41) is 3.93. The molecule has 152 valence electrons. The van der Waals surface area contributed by atoms with E-state index in [-0.39, 0.29) is 16.7 Å². The molecule has 2 aliphatic rings. The van der Waals surface area contributed by atoms with Crippen molar-refractivity contribution >= 4 is 38.4 Å². The first-order valence-electron chi connectivity index (χ1n) is 9.87. The highest BCUT2D eigenvalue weighted by Crippen LogP contribution is 2.30. The summed E-state index contributed by atoms with van der Waals surface area (Å²) in [5.41, 5.74) is 2.16. The molecule has 1 amide bonds. The maximum atomic E-state index is 13.0. The third kappa shape index (κ3) is 3.23. The van der Waals surface area contributed by atoms with Crippen molar-refractivity contribution < 1.29 is 13.2 Å². The normalized spacial score (nSPS) is 19.9. The first kappa shape index (κ1) is 18.7. The number of likely N-dealkylation sites (tertiary alicyclic amines) is 1. The molecule has 1 atom stereocenters. The molecule has 1 N–H and O–H groups in total.